The summed E-state index contributed by atoms with van der Waals surface area (Å²) in [4.78, 5) is 45.4. The highest BCUT2D eigenvalue weighted by Gasteiger charge is 2.59. The lowest BCUT2D eigenvalue weighted by atomic mass is 9.90. The second-order valence-corrected chi connectivity index (χ2v) is 10.2. The number of nitrogens with zero attached hydrogens (tertiary/aromatic N) is 4. The maximum atomic E-state index is 12.9. The van der Waals surface area contributed by atoms with Crippen molar-refractivity contribution in [3.8, 4) is 0 Å². The van der Waals surface area contributed by atoms with E-state index in [9.17, 15) is 19.5 Å². The van der Waals surface area contributed by atoms with Crippen molar-refractivity contribution >= 4 is 35.9 Å². The topological polar surface area (TPSA) is 180 Å². The highest BCUT2D eigenvalue weighted by atomic mass is 16.6. The fourth-order valence-corrected chi connectivity index (χ4v) is 4.73. The van der Waals surface area contributed by atoms with E-state index >= 15 is 0 Å². The molecular weight excluding hydrogens is 532 g/mol. The summed E-state index contributed by atoms with van der Waals surface area (Å²) in [6, 6.07) is 11.4. The van der Waals surface area contributed by atoms with E-state index in [1.807, 2.05) is 18.2 Å². The normalized spacial score (nSPS) is 22.8. The number of carbonyl (C=O) groups is 3. The number of carbonyl (C=O) groups excluding carboxylic acids is 3. The number of aliphatic hydroxyl groups excluding tert-OH is 1. The lowest BCUT2D eigenvalue weighted by molar-refractivity contribution is -0.162. The van der Waals surface area contributed by atoms with Crippen molar-refractivity contribution in [3.05, 3.63) is 60.0 Å². The number of anilines is 1. The monoisotopic (exact) mass is 566 g/mol. The Balaban J connectivity index is 1.68. The first-order valence-electron chi connectivity index (χ1n) is 13.1. The molecular formula is C28H34N6O7. The van der Waals surface area contributed by atoms with Crippen molar-refractivity contribution in [2.75, 3.05) is 18.5 Å². The van der Waals surface area contributed by atoms with E-state index in [2.05, 4.69) is 27.1 Å². The maximum absolute atomic E-state index is 12.9. The van der Waals surface area contributed by atoms with Crippen LogP contribution in [0, 0.1) is 5.92 Å². The van der Waals surface area contributed by atoms with Crippen LogP contribution in [-0.4, -0.2) is 81.8 Å². The van der Waals surface area contributed by atoms with Crippen LogP contribution in [0.1, 0.15) is 32.0 Å². The van der Waals surface area contributed by atoms with Gasteiger partial charge in [0.2, 0.25) is 5.91 Å². The van der Waals surface area contributed by atoms with Crippen LogP contribution >= 0.6 is 0 Å². The van der Waals surface area contributed by atoms with Gasteiger partial charge in [-0.2, -0.15) is 5.10 Å². The number of aromatic nitrogens is 3. The van der Waals surface area contributed by atoms with Gasteiger partial charge >= 0.3 is 11.9 Å². The molecule has 1 aromatic carbocycles. The van der Waals surface area contributed by atoms with E-state index in [4.69, 9.17) is 19.9 Å². The molecule has 5 atom stereocenters. The molecule has 0 unspecified atom stereocenters. The number of ether oxygens (including phenoxy) is 3. The first kappa shape index (κ1) is 29.8. The van der Waals surface area contributed by atoms with Gasteiger partial charge in [0, 0.05) is 6.92 Å². The Labute approximate surface area is 236 Å². The minimum Gasteiger partial charge on any atom is -0.463 e. The Morgan fingerprint density at radius 2 is 1.98 bits per heavy atom. The van der Waals surface area contributed by atoms with Gasteiger partial charge in [0.05, 0.1) is 18.7 Å². The van der Waals surface area contributed by atoms with E-state index in [1.54, 1.807) is 38.1 Å². The molecule has 41 heavy (non-hydrogen) atoms. The van der Waals surface area contributed by atoms with Gasteiger partial charge < -0.3 is 30.4 Å². The molecule has 0 radical (unpaired) electrons. The molecule has 4 rings (SSSR count). The number of nitrogens with two attached hydrogens (primary N) is 1. The van der Waals surface area contributed by atoms with Gasteiger partial charge in [0.25, 0.3) is 0 Å². The largest absolute Gasteiger partial charge is 0.463 e. The number of amides is 1. The van der Waals surface area contributed by atoms with Crippen LogP contribution in [0.15, 0.2) is 53.8 Å². The fourth-order valence-electron chi connectivity index (χ4n) is 4.73. The molecule has 13 nitrogen and oxygen atoms in total. The molecule has 13 heteroatoms. The highest BCUT2D eigenvalue weighted by Crippen LogP contribution is 2.42. The van der Waals surface area contributed by atoms with E-state index in [-0.39, 0.29) is 37.2 Å². The van der Waals surface area contributed by atoms with Crippen LogP contribution in [-0.2, 0) is 40.6 Å². The Kier molecular flexibility index (Phi) is 9.11. The number of hydrogen-bond donors (Lipinski definition) is 3. The minimum absolute atomic E-state index is 0.0182. The van der Waals surface area contributed by atoms with Crippen molar-refractivity contribution < 1.29 is 33.7 Å². The van der Waals surface area contributed by atoms with Crippen LogP contribution < -0.4 is 11.1 Å². The second-order valence-electron chi connectivity index (χ2n) is 10.2. The first-order valence-corrected chi connectivity index (χ1v) is 13.1. The Morgan fingerprint density at radius 3 is 2.63 bits per heavy atom. The molecule has 1 aliphatic heterocycles. The maximum Gasteiger partial charge on any atom is 0.323 e. The lowest BCUT2D eigenvalue weighted by Gasteiger charge is -2.30. The summed E-state index contributed by atoms with van der Waals surface area (Å²) >= 11 is 0. The van der Waals surface area contributed by atoms with E-state index in [0.29, 0.717) is 11.2 Å². The van der Waals surface area contributed by atoms with Crippen LogP contribution in [0.4, 0.5) is 5.82 Å². The molecule has 218 valence electrons. The Hall–Kier alpha value is -4.20. The summed E-state index contributed by atoms with van der Waals surface area (Å²) in [6.07, 6.45) is -2.60. The summed E-state index contributed by atoms with van der Waals surface area (Å²) in [6.45, 7) is 7.96. The second kappa shape index (κ2) is 12.5. The van der Waals surface area contributed by atoms with Crippen LogP contribution in [0.5, 0.6) is 0 Å². The van der Waals surface area contributed by atoms with Gasteiger partial charge in [-0.05, 0) is 30.3 Å². The van der Waals surface area contributed by atoms with Crippen LogP contribution in [0.25, 0.3) is 5.52 Å². The Morgan fingerprint density at radius 1 is 1.24 bits per heavy atom. The van der Waals surface area contributed by atoms with E-state index < -0.39 is 41.9 Å². The molecule has 1 fully saturated rings. The molecule has 1 aliphatic rings. The average Bonchev–Trinajstić information content (AvgIpc) is 3.48. The minimum atomic E-state index is -1.63. The number of aliphatic imine (C=N–C) groups is 1. The lowest BCUT2D eigenvalue weighted by Crippen LogP contribution is -2.48. The molecule has 3 heterocycles. The summed E-state index contributed by atoms with van der Waals surface area (Å²) in [5, 5.41) is 18.6. The Bertz CT molecular complexity index is 1410. The van der Waals surface area contributed by atoms with Crippen molar-refractivity contribution in [3.63, 3.8) is 0 Å². The number of benzene rings is 1. The summed E-state index contributed by atoms with van der Waals surface area (Å²) in [7, 11) is 0. The van der Waals surface area contributed by atoms with Gasteiger partial charge in [-0.3, -0.25) is 19.4 Å². The molecule has 2 aromatic heterocycles. The van der Waals surface area contributed by atoms with E-state index in [0.717, 1.165) is 5.56 Å². The predicted octanol–water partition coefficient (Wildman–Crippen LogP) is 1.02. The van der Waals surface area contributed by atoms with Gasteiger partial charge in [-0.1, -0.05) is 44.2 Å². The molecule has 0 saturated carbocycles. The third-order valence-corrected chi connectivity index (χ3v) is 6.89. The SMILES string of the molecule is C=NC[C@@]1(c2ccc3c(NC(C)=O)ncnn23)O[C@H](COC(=O)Cc2ccccc2)[C@@H](OC(=O)[C@@H](N)C(C)C)[C@H]1O. The predicted molar refractivity (Wildman–Crippen MR) is 148 cm³/mol. The van der Waals surface area contributed by atoms with Crippen molar-refractivity contribution in [1.82, 2.24) is 14.6 Å². The molecule has 0 bridgehead atoms. The number of rotatable bonds is 11. The molecule has 0 aliphatic carbocycles. The molecule has 4 N–H and O–H groups in total. The van der Waals surface area contributed by atoms with Crippen LogP contribution in [0.3, 0.4) is 0 Å². The highest BCUT2D eigenvalue weighted by molar-refractivity contribution is 5.91. The number of fused-ring (bicyclic) bond motifs is 1. The zero-order valence-electron chi connectivity index (χ0n) is 23.1. The summed E-state index contributed by atoms with van der Waals surface area (Å²) < 4.78 is 19.0. The first-order chi connectivity index (χ1) is 19.6. The molecule has 1 saturated heterocycles. The summed E-state index contributed by atoms with van der Waals surface area (Å²) in [5.41, 5.74) is 5.91. The summed E-state index contributed by atoms with van der Waals surface area (Å²) in [5.74, 6) is -1.60. The van der Waals surface area contributed by atoms with Gasteiger partial charge in [-0.15, -0.1) is 0 Å². The number of esters is 2. The molecule has 3 aromatic rings. The van der Waals surface area contributed by atoms with Gasteiger partial charge in [0.15, 0.2) is 17.5 Å². The third kappa shape index (κ3) is 6.26. The number of nitrogens with one attached hydrogen (secondary N) is 1. The quantitative estimate of drug-likeness (QED) is 0.224. The van der Waals surface area contributed by atoms with Crippen molar-refractivity contribution in [2.24, 2.45) is 16.6 Å². The molecule has 0 spiro atoms. The van der Waals surface area contributed by atoms with Crippen LogP contribution in [0.2, 0.25) is 0 Å². The number of hydrogen-bond acceptors (Lipinski definition) is 11. The standard InChI is InChI=1S/C28H34N6O7/c1-16(2)23(29)27(38)40-24-20(13-39-22(36)12-18-8-6-5-7-9-18)41-28(14-30-4,25(24)37)21-11-10-19-26(33-17(3)35)31-15-32-34(19)21/h5-11,15-16,20,23-25,37H,4,12-14,29H2,1-3H3,(H,31,32,33,35)/t20-,23+,24-,25-,28+/m1/s1. The average molecular weight is 567 g/mol. The van der Waals surface area contributed by atoms with E-state index in [1.165, 1.54) is 17.8 Å². The zero-order chi connectivity index (χ0) is 29.7. The molecule has 1 amide bonds. The van der Waals surface area contributed by atoms with Crippen molar-refractivity contribution in [1.29, 1.82) is 0 Å². The number of aliphatic hydroxyl groups is 1. The third-order valence-electron chi connectivity index (χ3n) is 6.89. The fraction of sp³-hybridized carbons (Fsp3) is 0.429. The van der Waals surface area contributed by atoms with Gasteiger partial charge in [-0.25, -0.2) is 9.50 Å². The van der Waals surface area contributed by atoms with Gasteiger partial charge in [0.1, 0.15) is 36.7 Å². The zero-order valence-corrected chi connectivity index (χ0v) is 23.1. The van der Waals surface area contributed by atoms with Crippen molar-refractivity contribution in [2.45, 2.75) is 57.1 Å². The smallest absolute Gasteiger partial charge is 0.323 e.